The number of amides is 2. The number of carbonyl (C=O) groups is 1. The van der Waals surface area contributed by atoms with Gasteiger partial charge in [-0.05, 0) is 42.5 Å². The van der Waals surface area contributed by atoms with E-state index in [4.69, 9.17) is 0 Å². The van der Waals surface area contributed by atoms with Gasteiger partial charge in [0.25, 0.3) is 0 Å². The van der Waals surface area contributed by atoms with E-state index < -0.39 is 0 Å². The number of hydrogen-bond donors (Lipinski definition) is 1. The maximum absolute atomic E-state index is 13.3. The van der Waals surface area contributed by atoms with Gasteiger partial charge in [-0.2, -0.15) is 0 Å². The van der Waals surface area contributed by atoms with E-state index in [-0.39, 0.29) is 17.9 Å². The quantitative estimate of drug-likeness (QED) is 0.827. The first-order chi connectivity index (χ1) is 10.7. The van der Waals surface area contributed by atoms with E-state index in [0.29, 0.717) is 5.69 Å². The van der Waals surface area contributed by atoms with E-state index >= 15 is 0 Å². The molecule has 1 atom stereocenters. The fraction of sp³-hybridized carbons (Fsp3) is 0.353. The molecular weight excluding hydrogens is 299 g/mol. The number of nitrogens with one attached hydrogen (secondary N) is 1. The van der Waals surface area contributed by atoms with Crippen molar-refractivity contribution < 1.29 is 9.18 Å². The van der Waals surface area contributed by atoms with Gasteiger partial charge in [-0.1, -0.05) is 25.0 Å². The summed E-state index contributed by atoms with van der Waals surface area (Å²) in [6, 6.07) is 10.1. The zero-order chi connectivity index (χ0) is 15.4. The van der Waals surface area contributed by atoms with Crippen molar-refractivity contribution in [2.24, 2.45) is 0 Å². The third-order valence-electron chi connectivity index (χ3n) is 3.96. The lowest BCUT2D eigenvalue weighted by molar-refractivity contribution is 0.190. The predicted octanol–water partition coefficient (Wildman–Crippen LogP) is 5.04. The van der Waals surface area contributed by atoms with Crippen LogP contribution >= 0.6 is 11.3 Å². The third kappa shape index (κ3) is 3.47. The Hall–Kier alpha value is -1.88. The summed E-state index contributed by atoms with van der Waals surface area (Å²) in [4.78, 5) is 15.7. The first-order valence-electron chi connectivity index (χ1n) is 7.60. The molecule has 116 valence electrons. The van der Waals surface area contributed by atoms with Crippen molar-refractivity contribution in [3.63, 3.8) is 0 Å². The molecule has 3 rings (SSSR count). The molecule has 2 heterocycles. The van der Waals surface area contributed by atoms with Crippen molar-refractivity contribution in [3.05, 3.63) is 52.5 Å². The summed E-state index contributed by atoms with van der Waals surface area (Å²) in [7, 11) is 0. The number of hydrogen-bond acceptors (Lipinski definition) is 2. The molecule has 0 spiro atoms. The second kappa shape index (κ2) is 6.92. The van der Waals surface area contributed by atoms with Crippen LogP contribution in [0.5, 0.6) is 0 Å². The monoisotopic (exact) mass is 318 g/mol. The molecule has 1 aliphatic rings. The largest absolute Gasteiger partial charge is 0.322 e. The van der Waals surface area contributed by atoms with E-state index in [1.54, 1.807) is 23.5 Å². The summed E-state index contributed by atoms with van der Waals surface area (Å²) in [6.45, 7) is 0.740. The van der Waals surface area contributed by atoms with Crippen LogP contribution in [0.2, 0.25) is 0 Å². The minimum absolute atomic E-state index is 0.121. The molecule has 0 radical (unpaired) electrons. The Labute approximate surface area is 133 Å². The van der Waals surface area contributed by atoms with Gasteiger partial charge in [-0.15, -0.1) is 11.3 Å². The van der Waals surface area contributed by atoms with Crippen LogP contribution in [0, 0.1) is 5.82 Å². The molecule has 0 aliphatic carbocycles. The lowest BCUT2D eigenvalue weighted by atomic mass is 10.1. The van der Waals surface area contributed by atoms with Crippen molar-refractivity contribution in [1.82, 2.24) is 4.90 Å². The normalized spacial score (nSPS) is 18.8. The Morgan fingerprint density at radius 3 is 2.91 bits per heavy atom. The number of thiophene rings is 1. The molecule has 0 unspecified atom stereocenters. The first kappa shape index (κ1) is 15.0. The second-order valence-corrected chi connectivity index (χ2v) is 6.49. The Kier molecular flexibility index (Phi) is 4.73. The summed E-state index contributed by atoms with van der Waals surface area (Å²) in [5.41, 5.74) is 0.499. The highest BCUT2D eigenvalue weighted by atomic mass is 32.1. The fourth-order valence-electron chi connectivity index (χ4n) is 2.89. The standard InChI is InChI=1S/C17H19FN2OS/c18-13-6-4-7-14(12-13)19-17(21)20-10-3-1-2-8-15(20)16-9-5-11-22-16/h4-7,9,11-12,15H,1-3,8,10H2,(H,19,21)/t15-/m0/s1. The molecule has 3 nitrogen and oxygen atoms in total. The SMILES string of the molecule is O=C(Nc1cccc(F)c1)N1CCCCC[C@H]1c1cccs1. The van der Waals surface area contributed by atoms with Gasteiger partial charge >= 0.3 is 6.03 Å². The highest BCUT2D eigenvalue weighted by Gasteiger charge is 2.27. The average molecular weight is 318 g/mol. The van der Waals surface area contributed by atoms with Crippen LogP contribution in [-0.4, -0.2) is 17.5 Å². The van der Waals surface area contributed by atoms with E-state index in [1.807, 2.05) is 16.3 Å². The highest BCUT2D eigenvalue weighted by Crippen LogP contribution is 2.33. The molecule has 0 bridgehead atoms. The Morgan fingerprint density at radius 2 is 2.14 bits per heavy atom. The smallest absolute Gasteiger partial charge is 0.317 e. The van der Waals surface area contributed by atoms with E-state index in [0.717, 1.165) is 32.2 Å². The number of carbonyl (C=O) groups excluding carboxylic acids is 1. The molecule has 1 aliphatic heterocycles. The van der Waals surface area contributed by atoms with E-state index in [1.165, 1.54) is 17.0 Å². The van der Waals surface area contributed by atoms with Gasteiger partial charge < -0.3 is 10.2 Å². The number of anilines is 1. The number of likely N-dealkylation sites (tertiary alicyclic amines) is 1. The van der Waals surface area contributed by atoms with Crippen LogP contribution in [0.15, 0.2) is 41.8 Å². The molecular formula is C17H19FN2OS. The summed E-state index contributed by atoms with van der Waals surface area (Å²) in [5.74, 6) is -0.344. The zero-order valence-corrected chi connectivity index (χ0v) is 13.1. The van der Waals surface area contributed by atoms with Gasteiger partial charge in [0.2, 0.25) is 0 Å². The number of halogens is 1. The minimum Gasteiger partial charge on any atom is -0.317 e. The van der Waals surface area contributed by atoms with Crippen LogP contribution in [0.25, 0.3) is 0 Å². The number of benzene rings is 1. The number of nitrogens with zero attached hydrogens (tertiary/aromatic N) is 1. The Balaban J connectivity index is 1.78. The molecule has 22 heavy (non-hydrogen) atoms. The van der Waals surface area contributed by atoms with Crippen LogP contribution in [0.4, 0.5) is 14.9 Å². The summed E-state index contributed by atoms with van der Waals surface area (Å²) in [6.07, 6.45) is 4.27. The topological polar surface area (TPSA) is 32.3 Å². The zero-order valence-electron chi connectivity index (χ0n) is 12.3. The minimum atomic E-state index is -0.344. The van der Waals surface area contributed by atoms with E-state index in [9.17, 15) is 9.18 Å². The van der Waals surface area contributed by atoms with E-state index in [2.05, 4.69) is 11.4 Å². The molecule has 2 amide bonds. The lowest BCUT2D eigenvalue weighted by Crippen LogP contribution is -2.37. The molecule has 1 N–H and O–H groups in total. The number of rotatable bonds is 2. The summed E-state index contributed by atoms with van der Waals surface area (Å²) in [5, 5.41) is 4.87. The van der Waals surface area contributed by atoms with Gasteiger partial charge in [0.05, 0.1) is 6.04 Å². The number of urea groups is 1. The molecule has 1 aromatic heterocycles. The summed E-state index contributed by atoms with van der Waals surface area (Å²) < 4.78 is 13.3. The second-order valence-electron chi connectivity index (χ2n) is 5.51. The van der Waals surface area contributed by atoms with Gasteiger partial charge in [0.15, 0.2) is 0 Å². The van der Waals surface area contributed by atoms with Crippen LogP contribution in [0.1, 0.15) is 36.6 Å². The molecule has 1 aromatic carbocycles. The Morgan fingerprint density at radius 1 is 1.23 bits per heavy atom. The lowest BCUT2D eigenvalue weighted by Gasteiger charge is -2.29. The first-order valence-corrected chi connectivity index (χ1v) is 8.48. The molecule has 1 fully saturated rings. The van der Waals surface area contributed by atoms with Gasteiger partial charge in [-0.3, -0.25) is 0 Å². The van der Waals surface area contributed by atoms with Crippen molar-refractivity contribution in [2.45, 2.75) is 31.7 Å². The highest BCUT2D eigenvalue weighted by molar-refractivity contribution is 7.10. The van der Waals surface area contributed by atoms with Crippen molar-refractivity contribution >= 4 is 23.1 Å². The third-order valence-corrected chi connectivity index (χ3v) is 4.93. The average Bonchev–Trinajstić information content (AvgIpc) is 2.91. The van der Waals surface area contributed by atoms with Crippen LogP contribution in [0.3, 0.4) is 0 Å². The van der Waals surface area contributed by atoms with Gasteiger partial charge in [-0.25, -0.2) is 9.18 Å². The maximum atomic E-state index is 13.3. The van der Waals surface area contributed by atoms with Gasteiger partial charge in [0.1, 0.15) is 5.82 Å². The van der Waals surface area contributed by atoms with Crippen molar-refractivity contribution in [1.29, 1.82) is 0 Å². The molecule has 2 aromatic rings. The molecule has 5 heteroatoms. The molecule has 1 saturated heterocycles. The van der Waals surface area contributed by atoms with Gasteiger partial charge in [0, 0.05) is 17.1 Å². The van der Waals surface area contributed by atoms with Crippen molar-refractivity contribution in [3.8, 4) is 0 Å². The van der Waals surface area contributed by atoms with Crippen LogP contribution < -0.4 is 5.32 Å². The van der Waals surface area contributed by atoms with Crippen molar-refractivity contribution in [2.75, 3.05) is 11.9 Å². The van der Waals surface area contributed by atoms with Crippen LogP contribution in [-0.2, 0) is 0 Å². The maximum Gasteiger partial charge on any atom is 0.322 e. The Bertz CT molecular complexity index is 629. The summed E-state index contributed by atoms with van der Waals surface area (Å²) >= 11 is 1.69. The predicted molar refractivity (Wildman–Crippen MR) is 87.7 cm³/mol. The fourth-order valence-corrected chi connectivity index (χ4v) is 3.76. The molecule has 0 saturated carbocycles.